The Kier molecular flexibility index (Phi) is 5.17. The van der Waals surface area contributed by atoms with E-state index in [-0.39, 0.29) is 23.3 Å². The topological polar surface area (TPSA) is 52.6 Å². The van der Waals surface area contributed by atoms with Gasteiger partial charge in [0.25, 0.3) is 5.91 Å². The summed E-state index contributed by atoms with van der Waals surface area (Å²) >= 11 is 0. The summed E-state index contributed by atoms with van der Waals surface area (Å²) in [5.74, 6) is -0.601. The Morgan fingerprint density at radius 2 is 2.10 bits per heavy atom. The molecule has 0 unspecified atom stereocenters. The van der Waals surface area contributed by atoms with Gasteiger partial charge in [0.15, 0.2) is 0 Å². The van der Waals surface area contributed by atoms with Crippen molar-refractivity contribution in [2.75, 3.05) is 19.6 Å². The molecule has 1 aliphatic heterocycles. The summed E-state index contributed by atoms with van der Waals surface area (Å²) in [7, 11) is 0. The number of aromatic hydroxyl groups is 1. The number of benzene rings is 1. The number of hydrogen-bond donors (Lipinski definition) is 2. The van der Waals surface area contributed by atoms with E-state index in [1.807, 2.05) is 13.8 Å². The molecule has 0 atom stereocenters. The van der Waals surface area contributed by atoms with E-state index < -0.39 is 5.82 Å². The third-order valence-electron chi connectivity index (χ3n) is 3.99. The molecule has 0 spiro atoms. The molecule has 0 bridgehead atoms. The van der Waals surface area contributed by atoms with Crippen LogP contribution >= 0.6 is 0 Å². The summed E-state index contributed by atoms with van der Waals surface area (Å²) in [6.45, 7) is 6.55. The van der Waals surface area contributed by atoms with Crippen LogP contribution < -0.4 is 5.32 Å². The number of halogens is 1. The average molecular weight is 294 g/mol. The van der Waals surface area contributed by atoms with Crippen molar-refractivity contribution in [2.24, 2.45) is 5.92 Å². The zero-order valence-corrected chi connectivity index (χ0v) is 12.6. The second-order valence-corrected chi connectivity index (χ2v) is 5.91. The van der Waals surface area contributed by atoms with Crippen LogP contribution in [-0.2, 0) is 0 Å². The fraction of sp³-hybridized carbons (Fsp3) is 0.562. The van der Waals surface area contributed by atoms with Crippen molar-refractivity contribution < 1.29 is 14.3 Å². The summed E-state index contributed by atoms with van der Waals surface area (Å²) in [5, 5.41) is 13.1. The second kappa shape index (κ2) is 6.89. The first kappa shape index (κ1) is 15.8. The highest BCUT2D eigenvalue weighted by molar-refractivity contribution is 5.97. The molecule has 21 heavy (non-hydrogen) atoms. The summed E-state index contributed by atoms with van der Waals surface area (Å²) in [4.78, 5) is 14.4. The van der Waals surface area contributed by atoms with E-state index in [9.17, 15) is 14.3 Å². The maximum absolute atomic E-state index is 13.1. The third-order valence-corrected chi connectivity index (χ3v) is 3.99. The molecule has 4 nitrogen and oxygen atoms in total. The van der Waals surface area contributed by atoms with Crippen LogP contribution in [0.25, 0.3) is 0 Å². The first-order valence-electron chi connectivity index (χ1n) is 7.49. The van der Waals surface area contributed by atoms with Crippen molar-refractivity contribution in [3.63, 3.8) is 0 Å². The highest BCUT2D eigenvalue weighted by Crippen LogP contribution is 2.23. The number of carbonyl (C=O) groups is 1. The molecular formula is C16H23FN2O2. The third kappa shape index (κ3) is 3.94. The molecule has 1 aromatic carbocycles. The normalized spacial score (nSPS) is 16.2. The molecular weight excluding hydrogens is 271 g/mol. The van der Waals surface area contributed by atoms with E-state index in [4.69, 9.17) is 0 Å². The van der Waals surface area contributed by atoms with Gasteiger partial charge in [0.2, 0.25) is 0 Å². The van der Waals surface area contributed by atoms with Gasteiger partial charge in [0, 0.05) is 18.7 Å². The average Bonchev–Trinajstić information content (AvgIpc) is 2.45. The van der Waals surface area contributed by atoms with E-state index in [1.54, 1.807) is 4.90 Å². The minimum Gasteiger partial charge on any atom is -0.507 e. The quantitative estimate of drug-likeness (QED) is 0.896. The lowest BCUT2D eigenvalue weighted by Gasteiger charge is -2.33. The van der Waals surface area contributed by atoms with E-state index in [0.29, 0.717) is 12.5 Å². The van der Waals surface area contributed by atoms with Crippen LogP contribution in [0.1, 0.15) is 37.0 Å². The van der Waals surface area contributed by atoms with Gasteiger partial charge in [-0.1, -0.05) is 0 Å². The zero-order chi connectivity index (χ0) is 15.4. The van der Waals surface area contributed by atoms with Crippen LogP contribution in [0.15, 0.2) is 18.2 Å². The summed E-state index contributed by atoms with van der Waals surface area (Å²) in [6.07, 6.45) is 2.10. The molecule has 0 aromatic heterocycles. The first-order chi connectivity index (χ1) is 9.99. The minimum absolute atomic E-state index is 0.0387. The Morgan fingerprint density at radius 1 is 1.43 bits per heavy atom. The smallest absolute Gasteiger partial charge is 0.257 e. The predicted molar refractivity (Wildman–Crippen MR) is 79.8 cm³/mol. The fourth-order valence-electron chi connectivity index (χ4n) is 2.71. The monoisotopic (exact) mass is 294 g/mol. The number of amides is 1. The Bertz CT molecular complexity index is 499. The van der Waals surface area contributed by atoms with E-state index >= 15 is 0 Å². The standard InChI is InChI=1S/C16H23FN2O2/c1-11(2)19(10-12-5-7-18-8-6-12)16(21)14-4-3-13(17)9-15(14)20/h3-4,9,11-12,18,20H,5-8,10H2,1-2H3. The summed E-state index contributed by atoms with van der Waals surface area (Å²) < 4.78 is 13.1. The van der Waals surface area contributed by atoms with E-state index in [1.165, 1.54) is 12.1 Å². The van der Waals surface area contributed by atoms with Crippen LogP contribution in [0.5, 0.6) is 5.75 Å². The number of carbonyl (C=O) groups excluding carboxylic acids is 1. The van der Waals surface area contributed by atoms with Crippen molar-refractivity contribution in [1.82, 2.24) is 10.2 Å². The molecule has 0 radical (unpaired) electrons. The van der Waals surface area contributed by atoms with Gasteiger partial charge in [0.05, 0.1) is 5.56 Å². The fourth-order valence-corrected chi connectivity index (χ4v) is 2.71. The number of phenolic OH excluding ortho intramolecular Hbond substituents is 1. The SMILES string of the molecule is CC(C)N(CC1CCNCC1)C(=O)c1ccc(F)cc1O. The molecule has 0 saturated carbocycles. The van der Waals surface area contributed by atoms with Crippen molar-refractivity contribution in [2.45, 2.75) is 32.7 Å². The Balaban J connectivity index is 2.14. The van der Waals surface area contributed by atoms with E-state index in [2.05, 4.69) is 5.32 Å². The van der Waals surface area contributed by atoms with Gasteiger partial charge in [0.1, 0.15) is 11.6 Å². The van der Waals surface area contributed by atoms with Crippen LogP contribution in [0.2, 0.25) is 0 Å². The van der Waals surface area contributed by atoms with Gasteiger partial charge in [-0.15, -0.1) is 0 Å². The number of phenols is 1. The molecule has 1 aromatic rings. The maximum Gasteiger partial charge on any atom is 0.257 e. The lowest BCUT2D eigenvalue weighted by atomic mass is 9.96. The van der Waals surface area contributed by atoms with Gasteiger partial charge in [-0.2, -0.15) is 0 Å². The Hall–Kier alpha value is -1.62. The number of hydrogen-bond acceptors (Lipinski definition) is 3. The van der Waals surface area contributed by atoms with Crippen molar-refractivity contribution in [3.8, 4) is 5.75 Å². The Labute approximate surface area is 125 Å². The highest BCUT2D eigenvalue weighted by Gasteiger charge is 2.25. The predicted octanol–water partition coefficient (Wildman–Crippen LogP) is 2.38. The van der Waals surface area contributed by atoms with E-state index in [0.717, 1.165) is 32.0 Å². The summed E-state index contributed by atoms with van der Waals surface area (Å²) in [6, 6.07) is 3.58. The van der Waals surface area contributed by atoms with Crippen LogP contribution in [0.4, 0.5) is 4.39 Å². The number of nitrogens with one attached hydrogen (secondary N) is 1. The lowest BCUT2D eigenvalue weighted by Crippen LogP contribution is -2.43. The molecule has 1 saturated heterocycles. The van der Waals surface area contributed by atoms with Crippen LogP contribution in [-0.4, -0.2) is 41.6 Å². The van der Waals surface area contributed by atoms with Gasteiger partial charge >= 0.3 is 0 Å². The lowest BCUT2D eigenvalue weighted by molar-refractivity contribution is 0.0655. The van der Waals surface area contributed by atoms with Crippen molar-refractivity contribution in [3.05, 3.63) is 29.6 Å². The van der Waals surface area contributed by atoms with Gasteiger partial charge in [-0.05, 0) is 57.8 Å². The molecule has 1 aliphatic rings. The minimum atomic E-state index is -0.543. The largest absolute Gasteiger partial charge is 0.507 e. The van der Waals surface area contributed by atoms with Crippen molar-refractivity contribution in [1.29, 1.82) is 0 Å². The Morgan fingerprint density at radius 3 is 2.67 bits per heavy atom. The second-order valence-electron chi connectivity index (χ2n) is 5.91. The molecule has 1 amide bonds. The molecule has 1 fully saturated rings. The molecule has 0 aliphatic carbocycles. The van der Waals surface area contributed by atoms with Crippen LogP contribution in [0.3, 0.4) is 0 Å². The highest BCUT2D eigenvalue weighted by atomic mass is 19.1. The maximum atomic E-state index is 13.1. The molecule has 2 N–H and O–H groups in total. The number of rotatable bonds is 4. The number of piperidine rings is 1. The van der Waals surface area contributed by atoms with Gasteiger partial charge in [-0.3, -0.25) is 4.79 Å². The summed E-state index contributed by atoms with van der Waals surface area (Å²) in [5.41, 5.74) is 0.166. The van der Waals surface area contributed by atoms with Crippen molar-refractivity contribution >= 4 is 5.91 Å². The zero-order valence-electron chi connectivity index (χ0n) is 12.6. The van der Waals surface area contributed by atoms with Gasteiger partial charge < -0.3 is 15.3 Å². The first-order valence-corrected chi connectivity index (χ1v) is 7.49. The molecule has 5 heteroatoms. The molecule has 2 rings (SSSR count). The number of nitrogens with zero attached hydrogens (tertiary/aromatic N) is 1. The molecule has 1 heterocycles. The van der Waals surface area contributed by atoms with Crippen LogP contribution in [0, 0.1) is 11.7 Å². The van der Waals surface area contributed by atoms with Gasteiger partial charge in [-0.25, -0.2) is 4.39 Å². The molecule has 116 valence electrons.